The quantitative estimate of drug-likeness (QED) is 0.712. The van der Waals surface area contributed by atoms with Gasteiger partial charge in [0.05, 0.1) is 11.6 Å². The molecule has 16 heavy (non-hydrogen) atoms. The molecule has 0 radical (unpaired) electrons. The van der Waals surface area contributed by atoms with Crippen LogP contribution in [0.5, 0.6) is 0 Å². The first-order chi connectivity index (χ1) is 7.85. The van der Waals surface area contributed by atoms with Crippen molar-refractivity contribution in [2.45, 2.75) is 0 Å². The number of hydrogen-bond donors (Lipinski definition) is 0. The molecule has 0 N–H and O–H groups in total. The van der Waals surface area contributed by atoms with Crippen molar-refractivity contribution < 1.29 is 4.79 Å². The predicted molar refractivity (Wildman–Crippen MR) is 59.8 cm³/mol. The van der Waals surface area contributed by atoms with Crippen molar-refractivity contribution in [3.8, 4) is 17.2 Å². The molecule has 0 aliphatic heterocycles. The largest absolute Gasteiger partial charge is 0.298 e. The van der Waals surface area contributed by atoms with E-state index in [9.17, 15) is 4.79 Å². The van der Waals surface area contributed by atoms with Crippen LogP contribution in [0.3, 0.4) is 0 Å². The minimum Gasteiger partial charge on any atom is -0.298 e. The molecule has 0 aliphatic carbocycles. The van der Waals surface area contributed by atoms with Gasteiger partial charge in [0.1, 0.15) is 0 Å². The Morgan fingerprint density at radius 2 is 2.06 bits per heavy atom. The molecule has 0 saturated carbocycles. The van der Waals surface area contributed by atoms with Crippen LogP contribution < -0.4 is 0 Å². The summed E-state index contributed by atoms with van der Waals surface area (Å²) in [6.07, 6.45) is 3.88. The highest BCUT2D eigenvalue weighted by molar-refractivity contribution is 5.79. The molecule has 0 spiro atoms. The van der Waals surface area contributed by atoms with E-state index in [2.05, 4.69) is 11.1 Å². The highest BCUT2D eigenvalue weighted by atomic mass is 16.1. The number of aldehydes is 1. The van der Waals surface area contributed by atoms with Crippen LogP contribution in [0.2, 0.25) is 0 Å². The van der Waals surface area contributed by atoms with Crippen LogP contribution in [0.25, 0.3) is 11.1 Å². The van der Waals surface area contributed by atoms with E-state index >= 15 is 0 Å². The Kier molecular flexibility index (Phi) is 2.75. The molecular formula is C13H8N2O. The molecule has 76 valence electrons. The Labute approximate surface area is 93.0 Å². The fraction of sp³-hybridized carbons (Fsp3) is 0. The Balaban J connectivity index is 2.59. The van der Waals surface area contributed by atoms with E-state index in [0.29, 0.717) is 11.1 Å². The van der Waals surface area contributed by atoms with Crippen molar-refractivity contribution in [2.75, 3.05) is 0 Å². The van der Waals surface area contributed by atoms with Crippen molar-refractivity contribution in [3.05, 3.63) is 53.9 Å². The molecule has 0 atom stereocenters. The molecule has 0 bridgehead atoms. The zero-order chi connectivity index (χ0) is 11.4. The fourth-order valence-corrected chi connectivity index (χ4v) is 1.50. The molecular weight excluding hydrogens is 200 g/mol. The number of benzene rings is 1. The van der Waals surface area contributed by atoms with Gasteiger partial charge in [0.15, 0.2) is 6.29 Å². The van der Waals surface area contributed by atoms with E-state index in [-0.39, 0.29) is 0 Å². The number of nitrogens with zero attached hydrogens (tertiary/aromatic N) is 2. The molecule has 0 aliphatic rings. The summed E-state index contributed by atoms with van der Waals surface area (Å²) in [4.78, 5) is 14.6. The van der Waals surface area contributed by atoms with Gasteiger partial charge in [-0.05, 0) is 12.1 Å². The van der Waals surface area contributed by atoms with Crippen molar-refractivity contribution >= 4 is 6.29 Å². The van der Waals surface area contributed by atoms with E-state index in [0.717, 1.165) is 17.4 Å². The highest BCUT2D eigenvalue weighted by Gasteiger charge is 2.04. The van der Waals surface area contributed by atoms with Crippen LogP contribution in [-0.4, -0.2) is 11.3 Å². The van der Waals surface area contributed by atoms with Crippen LogP contribution in [0.4, 0.5) is 0 Å². The summed E-state index contributed by atoms with van der Waals surface area (Å²) in [5.41, 5.74) is 2.65. The van der Waals surface area contributed by atoms with E-state index in [1.165, 1.54) is 6.20 Å². The molecule has 0 amide bonds. The van der Waals surface area contributed by atoms with Crippen molar-refractivity contribution in [3.63, 3.8) is 0 Å². The molecule has 2 rings (SSSR count). The maximum atomic E-state index is 10.6. The van der Waals surface area contributed by atoms with Gasteiger partial charge >= 0.3 is 0 Å². The van der Waals surface area contributed by atoms with Gasteiger partial charge in [-0.1, -0.05) is 18.2 Å². The van der Waals surface area contributed by atoms with E-state index in [4.69, 9.17) is 5.26 Å². The number of pyridine rings is 1. The standard InChI is InChI=1S/C13H8N2O/c14-6-11-3-1-2-4-13(11)12-5-10(9-16)7-15-8-12/h1-5,7-9H. The van der Waals surface area contributed by atoms with Crippen molar-refractivity contribution in [2.24, 2.45) is 0 Å². The van der Waals surface area contributed by atoms with Crippen molar-refractivity contribution in [1.82, 2.24) is 4.98 Å². The monoisotopic (exact) mass is 208 g/mol. The first kappa shape index (κ1) is 10.1. The maximum Gasteiger partial charge on any atom is 0.151 e. The number of hydrogen-bond acceptors (Lipinski definition) is 3. The lowest BCUT2D eigenvalue weighted by Crippen LogP contribution is -1.88. The number of carbonyl (C=O) groups excluding carboxylic acids is 1. The van der Waals surface area contributed by atoms with Gasteiger partial charge in [-0.2, -0.15) is 5.26 Å². The third kappa shape index (κ3) is 1.82. The van der Waals surface area contributed by atoms with Crippen LogP contribution in [-0.2, 0) is 0 Å². The summed E-state index contributed by atoms with van der Waals surface area (Å²) in [6.45, 7) is 0. The Morgan fingerprint density at radius 3 is 2.81 bits per heavy atom. The Hall–Kier alpha value is -2.47. The maximum absolute atomic E-state index is 10.6. The van der Waals surface area contributed by atoms with Crippen LogP contribution in [0, 0.1) is 11.3 Å². The summed E-state index contributed by atoms with van der Waals surface area (Å²) < 4.78 is 0. The first-order valence-corrected chi connectivity index (χ1v) is 4.75. The summed E-state index contributed by atoms with van der Waals surface area (Å²) in [5, 5.41) is 8.97. The zero-order valence-electron chi connectivity index (χ0n) is 8.42. The van der Waals surface area contributed by atoms with Crippen LogP contribution in [0.15, 0.2) is 42.7 Å². The lowest BCUT2D eigenvalue weighted by Gasteiger charge is -2.03. The average molecular weight is 208 g/mol. The van der Waals surface area contributed by atoms with Gasteiger partial charge in [-0.25, -0.2) is 0 Å². The molecule has 1 aromatic heterocycles. The van der Waals surface area contributed by atoms with Gasteiger partial charge in [0.25, 0.3) is 0 Å². The Bertz CT molecular complexity index is 570. The van der Waals surface area contributed by atoms with Gasteiger partial charge in [-0.3, -0.25) is 9.78 Å². The van der Waals surface area contributed by atoms with Crippen LogP contribution in [0.1, 0.15) is 15.9 Å². The summed E-state index contributed by atoms with van der Waals surface area (Å²) in [5.74, 6) is 0. The molecule has 0 saturated heterocycles. The van der Waals surface area contributed by atoms with Crippen LogP contribution >= 0.6 is 0 Å². The lowest BCUT2D eigenvalue weighted by molar-refractivity contribution is 0.112. The molecule has 2 aromatic rings. The minimum absolute atomic E-state index is 0.505. The van der Waals surface area contributed by atoms with E-state index < -0.39 is 0 Å². The van der Waals surface area contributed by atoms with E-state index in [1.807, 2.05) is 12.1 Å². The summed E-state index contributed by atoms with van der Waals surface area (Å²) >= 11 is 0. The summed E-state index contributed by atoms with van der Waals surface area (Å²) in [6, 6.07) is 11.1. The van der Waals surface area contributed by atoms with Gasteiger partial charge in [0, 0.05) is 29.1 Å². The molecule has 3 nitrogen and oxygen atoms in total. The van der Waals surface area contributed by atoms with Gasteiger partial charge in [0.2, 0.25) is 0 Å². The lowest BCUT2D eigenvalue weighted by atomic mass is 10.0. The molecule has 3 heteroatoms. The zero-order valence-corrected chi connectivity index (χ0v) is 8.42. The molecule has 1 heterocycles. The molecule has 1 aromatic carbocycles. The average Bonchev–Trinajstić information content (AvgIpc) is 2.38. The third-order valence-corrected chi connectivity index (χ3v) is 2.25. The van der Waals surface area contributed by atoms with Crippen molar-refractivity contribution in [1.29, 1.82) is 5.26 Å². The second kappa shape index (κ2) is 4.37. The Morgan fingerprint density at radius 1 is 1.25 bits per heavy atom. The predicted octanol–water partition coefficient (Wildman–Crippen LogP) is 2.43. The number of rotatable bonds is 2. The van der Waals surface area contributed by atoms with Gasteiger partial charge in [-0.15, -0.1) is 0 Å². The summed E-state index contributed by atoms with van der Waals surface area (Å²) in [7, 11) is 0. The number of carbonyl (C=O) groups is 1. The minimum atomic E-state index is 0.505. The smallest absolute Gasteiger partial charge is 0.151 e. The van der Waals surface area contributed by atoms with Gasteiger partial charge < -0.3 is 0 Å². The normalized spacial score (nSPS) is 9.44. The third-order valence-electron chi connectivity index (χ3n) is 2.25. The first-order valence-electron chi connectivity index (χ1n) is 4.75. The number of aromatic nitrogens is 1. The highest BCUT2D eigenvalue weighted by Crippen LogP contribution is 2.22. The molecule has 0 unspecified atom stereocenters. The second-order valence-electron chi connectivity index (χ2n) is 3.28. The fourth-order valence-electron chi connectivity index (χ4n) is 1.50. The van der Waals surface area contributed by atoms with E-state index in [1.54, 1.807) is 24.4 Å². The second-order valence-corrected chi connectivity index (χ2v) is 3.28. The number of nitriles is 1. The topological polar surface area (TPSA) is 53.8 Å². The molecule has 0 fully saturated rings. The SMILES string of the molecule is N#Cc1ccccc1-c1cncc(C=O)c1.